The Labute approximate surface area is 199 Å². The molecular weight excluding hydrogens is 576 g/mol. The van der Waals surface area contributed by atoms with Crippen molar-refractivity contribution in [3.8, 4) is 5.75 Å². The monoisotopic (exact) mass is 591 g/mol. The van der Waals surface area contributed by atoms with Gasteiger partial charge in [0.15, 0.2) is 0 Å². The van der Waals surface area contributed by atoms with Gasteiger partial charge in [0.25, 0.3) is 5.56 Å². The lowest BCUT2D eigenvalue weighted by Crippen LogP contribution is -2.20. The Balaban J connectivity index is 1.57. The SMILES string of the molecule is Cc1nc2ccc(Br)cc2c(=O)n1N=Cc1ccc(OCc2ccccc2F)c(I)c1. The zero-order chi connectivity index (χ0) is 22.0. The van der Waals surface area contributed by atoms with Crippen LogP contribution in [0.2, 0.25) is 0 Å². The van der Waals surface area contributed by atoms with Crippen LogP contribution in [0, 0.1) is 16.3 Å². The van der Waals surface area contributed by atoms with E-state index in [1.807, 2.05) is 18.2 Å². The number of rotatable bonds is 5. The highest BCUT2D eigenvalue weighted by Crippen LogP contribution is 2.23. The van der Waals surface area contributed by atoms with Crippen LogP contribution in [-0.2, 0) is 6.61 Å². The van der Waals surface area contributed by atoms with Crippen molar-refractivity contribution in [1.29, 1.82) is 0 Å². The molecule has 4 rings (SSSR count). The molecule has 0 aliphatic carbocycles. The maximum absolute atomic E-state index is 13.8. The van der Waals surface area contributed by atoms with Gasteiger partial charge in [-0.2, -0.15) is 9.78 Å². The molecule has 8 heteroatoms. The van der Waals surface area contributed by atoms with Gasteiger partial charge in [-0.15, -0.1) is 0 Å². The third kappa shape index (κ3) is 4.85. The molecule has 0 unspecified atom stereocenters. The first-order valence-electron chi connectivity index (χ1n) is 9.31. The number of hydrogen-bond donors (Lipinski definition) is 0. The van der Waals surface area contributed by atoms with Crippen LogP contribution in [0.15, 0.2) is 75.0 Å². The predicted octanol–water partition coefficient (Wildman–Crippen LogP) is 5.67. The second-order valence-electron chi connectivity index (χ2n) is 6.75. The summed E-state index contributed by atoms with van der Waals surface area (Å²) in [6, 6.07) is 17.4. The molecule has 1 aromatic heterocycles. The van der Waals surface area contributed by atoms with Crippen LogP contribution < -0.4 is 10.3 Å². The Hall–Kier alpha value is -2.59. The summed E-state index contributed by atoms with van der Waals surface area (Å²) in [5, 5.41) is 4.83. The quantitative estimate of drug-likeness (QED) is 0.222. The molecule has 0 atom stereocenters. The van der Waals surface area contributed by atoms with Crippen molar-refractivity contribution >= 4 is 55.6 Å². The van der Waals surface area contributed by atoms with E-state index in [0.717, 1.165) is 13.6 Å². The molecule has 1 heterocycles. The topological polar surface area (TPSA) is 56.5 Å². The molecule has 0 N–H and O–H groups in total. The Morgan fingerprint density at radius 2 is 2.00 bits per heavy atom. The number of aryl methyl sites for hydroxylation is 1. The van der Waals surface area contributed by atoms with Crippen LogP contribution in [0.25, 0.3) is 10.9 Å². The molecule has 0 bridgehead atoms. The minimum absolute atomic E-state index is 0.142. The smallest absolute Gasteiger partial charge is 0.282 e. The van der Waals surface area contributed by atoms with E-state index < -0.39 is 0 Å². The van der Waals surface area contributed by atoms with Gasteiger partial charge in [0.2, 0.25) is 0 Å². The molecule has 0 amide bonds. The average Bonchev–Trinajstić information content (AvgIpc) is 2.74. The van der Waals surface area contributed by atoms with Crippen molar-refractivity contribution in [2.75, 3.05) is 0 Å². The Morgan fingerprint density at radius 3 is 2.77 bits per heavy atom. The molecule has 0 aliphatic rings. The molecule has 3 aromatic carbocycles. The summed E-state index contributed by atoms with van der Waals surface area (Å²) in [6.45, 7) is 1.88. The van der Waals surface area contributed by atoms with E-state index in [2.05, 4.69) is 48.6 Å². The van der Waals surface area contributed by atoms with E-state index in [0.29, 0.717) is 28.0 Å². The Morgan fingerprint density at radius 1 is 1.19 bits per heavy atom. The third-order valence-corrected chi connectivity index (χ3v) is 5.93. The fourth-order valence-electron chi connectivity index (χ4n) is 3.01. The van der Waals surface area contributed by atoms with Gasteiger partial charge in [0, 0.05) is 10.0 Å². The van der Waals surface area contributed by atoms with Crippen molar-refractivity contribution < 1.29 is 9.13 Å². The van der Waals surface area contributed by atoms with Crippen LogP contribution in [0.1, 0.15) is 17.0 Å². The molecule has 156 valence electrons. The first-order chi connectivity index (χ1) is 14.9. The largest absolute Gasteiger partial charge is 0.488 e. The lowest BCUT2D eigenvalue weighted by molar-refractivity contribution is 0.297. The number of fused-ring (bicyclic) bond motifs is 1. The molecule has 0 saturated carbocycles. The van der Waals surface area contributed by atoms with Gasteiger partial charge in [-0.1, -0.05) is 34.1 Å². The van der Waals surface area contributed by atoms with Crippen LogP contribution in [0.5, 0.6) is 5.75 Å². The first-order valence-corrected chi connectivity index (χ1v) is 11.2. The zero-order valence-corrected chi connectivity index (χ0v) is 20.1. The molecule has 4 aromatic rings. The zero-order valence-electron chi connectivity index (χ0n) is 16.3. The van der Waals surface area contributed by atoms with Gasteiger partial charge >= 0.3 is 0 Å². The van der Waals surface area contributed by atoms with Gasteiger partial charge in [-0.05, 0) is 77.5 Å². The minimum atomic E-state index is -0.293. The van der Waals surface area contributed by atoms with Crippen LogP contribution in [-0.4, -0.2) is 15.9 Å². The molecule has 31 heavy (non-hydrogen) atoms. The van der Waals surface area contributed by atoms with Gasteiger partial charge < -0.3 is 4.74 Å². The van der Waals surface area contributed by atoms with Gasteiger partial charge in [-0.3, -0.25) is 4.79 Å². The fourth-order valence-corrected chi connectivity index (χ4v) is 4.06. The lowest BCUT2D eigenvalue weighted by atomic mass is 10.2. The summed E-state index contributed by atoms with van der Waals surface area (Å²) in [7, 11) is 0. The lowest BCUT2D eigenvalue weighted by Gasteiger charge is -2.10. The maximum atomic E-state index is 13.8. The summed E-state index contributed by atoms with van der Waals surface area (Å²) < 4.78 is 22.5. The molecule has 0 spiro atoms. The number of ether oxygens (including phenoxy) is 1. The van der Waals surface area contributed by atoms with E-state index in [4.69, 9.17) is 4.74 Å². The highest BCUT2D eigenvalue weighted by molar-refractivity contribution is 14.1. The summed E-state index contributed by atoms with van der Waals surface area (Å²) in [4.78, 5) is 17.3. The summed E-state index contributed by atoms with van der Waals surface area (Å²) in [6.07, 6.45) is 1.60. The van der Waals surface area contributed by atoms with E-state index in [9.17, 15) is 9.18 Å². The van der Waals surface area contributed by atoms with E-state index in [-0.39, 0.29) is 18.0 Å². The van der Waals surface area contributed by atoms with Crippen molar-refractivity contribution in [1.82, 2.24) is 9.66 Å². The van der Waals surface area contributed by atoms with Crippen molar-refractivity contribution in [3.05, 3.63) is 102 Å². The van der Waals surface area contributed by atoms with Crippen molar-refractivity contribution in [2.45, 2.75) is 13.5 Å². The minimum Gasteiger partial charge on any atom is -0.488 e. The molecule has 5 nitrogen and oxygen atoms in total. The fraction of sp³-hybridized carbons (Fsp3) is 0.0870. The standard InChI is InChI=1S/C23H16BrFIN3O2/c1-14-28-21-8-7-17(24)11-18(21)23(30)29(14)27-12-15-6-9-22(20(26)10-15)31-13-16-4-2-3-5-19(16)25/h2-12H,13H2,1H3. The Bertz CT molecular complexity index is 1370. The van der Waals surface area contributed by atoms with Gasteiger partial charge in [0.05, 0.1) is 20.7 Å². The maximum Gasteiger partial charge on any atom is 0.282 e. The number of halogens is 3. The molecule has 0 fully saturated rings. The number of aromatic nitrogens is 2. The van der Waals surface area contributed by atoms with Crippen LogP contribution in [0.4, 0.5) is 4.39 Å². The van der Waals surface area contributed by atoms with E-state index in [1.165, 1.54) is 10.7 Å². The van der Waals surface area contributed by atoms with Crippen molar-refractivity contribution in [3.63, 3.8) is 0 Å². The molecule has 0 saturated heterocycles. The average molecular weight is 592 g/mol. The van der Waals surface area contributed by atoms with Crippen LogP contribution in [0.3, 0.4) is 0 Å². The Kier molecular flexibility index (Phi) is 6.47. The second-order valence-corrected chi connectivity index (χ2v) is 8.83. The van der Waals surface area contributed by atoms with E-state index in [1.54, 1.807) is 49.5 Å². The van der Waals surface area contributed by atoms with Gasteiger partial charge in [0.1, 0.15) is 24.0 Å². The summed E-state index contributed by atoms with van der Waals surface area (Å²) in [5.41, 5.74) is 1.68. The normalized spacial score (nSPS) is 11.4. The number of benzene rings is 3. The van der Waals surface area contributed by atoms with E-state index >= 15 is 0 Å². The molecular formula is C23H16BrFIN3O2. The molecule has 0 radical (unpaired) electrons. The second kappa shape index (κ2) is 9.27. The predicted molar refractivity (Wildman–Crippen MR) is 131 cm³/mol. The van der Waals surface area contributed by atoms with Crippen LogP contribution >= 0.6 is 38.5 Å². The van der Waals surface area contributed by atoms with Crippen molar-refractivity contribution in [2.24, 2.45) is 5.10 Å². The highest BCUT2D eigenvalue weighted by Gasteiger charge is 2.09. The third-order valence-electron chi connectivity index (χ3n) is 4.59. The van der Waals surface area contributed by atoms with Gasteiger partial charge in [-0.25, -0.2) is 9.37 Å². The summed E-state index contributed by atoms with van der Waals surface area (Å²) >= 11 is 5.54. The first kappa shape index (κ1) is 21.6. The number of nitrogens with zero attached hydrogens (tertiary/aromatic N) is 3. The number of hydrogen-bond acceptors (Lipinski definition) is 4. The summed E-state index contributed by atoms with van der Waals surface area (Å²) in [5.74, 6) is 0.847. The molecule has 0 aliphatic heterocycles. The highest BCUT2D eigenvalue weighted by atomic mass is 127.